The number of carbonyl (C=O) groups is 1. The van der Waals surface area contributed by atoms with Crippen molar-refractivity contribution in [2.24, 2.45) is 5.41 Å². The van der Waals surface area contributed by atoms with E-state index in [1.54, 1.807) is 7.11 Å². The first kappa shape index (κ1) is 21.2. The van der Waals surface area contributed by atoms with Crippen LogP contribution in [0.15, 0.2) is 42.6 Å². The van der Waals surface area contributed by atoms with Gasteiger partial charge in [-0.05, 0) is 42.5 Å². The minimum absolute atomic E-state index is 0.198. The molecule has 3 heterocycles. The average molecular weight is 422 g/mol. The second kappa shape index (κ2) is 8.57. The number of hydrogen-bond acceptors (Lipinski definition) is 5. The van der Waals surface area contributed by atoms with Gasteiger partial charge in [-0.25, -0.2) is 9.50 Å². The van der Waals surface area contributed by atoms with Gasteiger partial charge in [0.15, 0.2) is 5.65 Å². The van der Waals surface area contributed by atoms with E-state index in [9.17, 15) is 4.79 Å². The molecule has 1 aromatic carbocycles. The van der Waals surface area contributed by atoms with Crippen LogP contribution in [0.5, 0.6) is 5.75 Å². The van der Waals surface area contributed by atoms with Gasteiger partial charge in [-0.15, -0.1) is 5.10 Å². The number of nitrogens with zero attached hydrogens (tertiary/aromatic N) is 4. The Bertz CT molecular complexity index is 1070. The molecule has 1 amide bonds. The highest BCUT2D eigenvalue weighted by atomic mass is 16.5. The Morgan fingerprint density at radius 2 is 2.00 bits per heavy atom. The van der Waals surface area contributed by atoms with E-state index < -0.39 is 0 Å². The van der Waals surface area contributed by atoms with E-state index in [0.717, 1.165) is 47.9 Å². The fraction of sp³-hybridized carbons (Fsp3) is 0.458. The number of hydrogen-bond donors (Lipinski definition) is 1. The maximum absolute atomic E-state index is 12.4. The summed E-state index contributed by atoms with van der Waals surface area (Å²) in [6.45, 7) is 8.13. The van der Waals surface area contributed by atoms with Gasteiger partial charge in [0.05, 0.1) is 19.0 Å². The standard InChI is InChI=1S/C24H31N5O2/c1-24(2,3)13-14-28-17(9-12-23(28)30)15-25-21-10-11-22-26-16-19(29(22)27-21)18-7-5-6-8-20(18)31-4/h5-8,10-11,16-17H,9,12-15H2,1-4H3,(H,25,27)/t17-/m0/s1. The van der Waals surface area contributed by atoms with Gasteiger partial charge in [-0.3, -0.25) is 4.79 Å². The molecule has 7 heteroatoms. The van der Waals surface area contributed by atoms with E-state index in [0.29, 0.717) is 13.0 Å². The zero-order valence-corrected chi connectivity index (χ0v) is 18.8. The van der Waals surface area contributed by atoms with Crippen molar-refractivity contribution in [3.63, 3.8) is 0 Å². The quantitative estimate of drug-likeness (QED) is 0.618. The van der Waals surface area contributed by atoms with E-state index in [-0.39, 0.29) is 17.4 Å². The lowest BCUT2D eigenvalue weighted by Gasteiger charge is -2.28. The number of amides is 1. The fourth-order valence-corrected chi connectivity index (χ4v) is 4.00. The van der Waals surface area contributed by atoms with Crippen LogP contribution in [0.4, 0.5) is 5.82 Å². The SMILES string of the molecule is COc1ccccc1-c1cnc2ccc(NC[C@@H]3CCC(=O)N3CCC(C)(C)C)nn12. The van der Waals surface area contributed by atoms with Crippen molar-refractivity contribution in [1.29, 1.82) is 0 Å². The van der Waals surface area contributed by atoms with E-state index >= 15 is 0 Å². The Hall–Kier alpha value is -3.09. The van der Waals surface area contributed by atoms with Gasteiger partial charge in [-0.1, -0.05) is 32.9 Å². The van der Waals surface area contributed by atoms with Gasteiger partial charge in [-0.2, -0.15) is 0 Å². The van der Waals surface area contributed by atoms with E-state index in [1.165, 1.54) is 0 Å². The number of anilines is 1. The molecule has 3 aromatic rings. The van der Waals surface area contributed by atoms with Gasteiger partial charge in [0.1, 0.15) is 11.6 Å². The molecule has 31 heavy (non-hydrogen) atoms. The first-order chi connectivity index (χ1) is 14.9. The van der Waals surface area contributed by atoms with Crippen molar-refractivity contribution < 1.29 is 9.53 Å². The van der Waals surface area contributed by atoms with Crippen LogP contribution >= 0.6 is 0 Å². The number of para-hydroxylation sites is 1. The van der Waals surface area contributed by atoms with Crippen LogP contribution in [-0.4, -0.2) is 51.6 Å². The lowest BCUT2D eigenvalue weighted by molar-refractivity contribution is -0.129. The largest absolute Gasteiger partial charge is 0.496 e. The summed E-state index contributed by atoms with van der Waals surface area (Å²) in [5.41, 5.74) is 2.80. The number of benzene rings is 1. The van der Waals surface area contributed by atoms with E-state index in [1.807, 2.05) is 52.0 Å². The molecule has 1 saturated heterocycles. The number of nitrogens with one attached hydrogen (secondary N) is 1. The summed E-state index contributed by atoms with van der Waals surface area (Å²) in [7, 11) is 1.66. The van der Waals surface area contributed by atoms with Gasteiger partial charge < -0.3 is 15.0 Å². The van der Waals surface area contributed by atoms with Gasteiger partial charge in [0.2, 0.25) is 5.91 Å². The minimum atomic E-state index is 0.198. The molecule has 0 unspecified atom stereocenters. The summed E-state index contributed by atoms with van der Waals surface area (Å²) in [5, 5.41) is 8.20. The maximum atomic E-state index is 12.4. The van der Waals surface area contributed by atoms with Crippen molar-refractivity contribution in [1.82, 2.24) is 19.5 Å². The Kier molecular flexibility index (Phi) is 5.85. The number of carbonyl (C=O) groups excluding carboxylic acids is 1. The van der Waals surface area contributed by atoms with Crippen LogP contribution in [0.3, 0.4) is 0 Å². The lowest BCUT2D eigenvalue weighted by Crippen LogP contribution is -2.39. The maximum Gasteiger partial charge on any atom is 0.222 e. The summed E-state index contributed by atoms with van der Waals surface area (Å²) in [4.78, 5) is 18.9. The van der Waals surface area contributed by atoms with Gasteiger partial charge >= 0.3 is 0 Å². The Balaban J connectivity index is 1.51. The third kappa shape index (κ3) is 4.65. The van der Waals surface area contributed by atoms with Gasteiger partial charge in [0, 0.05) is 31.1 Å². The highest BCUT2D eigenvalue weighted by molar-refractivity contribution is 5.79. The zero-order chi connectivity index (χ0) is 22.0. The molecule has 0 bridgehead atoms. The van der Waals surface area contributed by atoms with Crippen molar-refractivity contribution in [3.8, 4) is 17.0 Å². The molecular weight excluding hydrogens is 390 g/mol. The van der Waals surface area contributed by atoms with Crippen LogP contribution in [-0.2, 0) is 4.79 Å². The number of rotatable bonds is 7. The van der Waals surface area contributed by atoms with Crippen LogP contribution in [0.25, 0.3) is 16.9 Å². The molecule has 0 aliphatic carbocycles. The highest BCUT2D eigenvalue weighted by Crippen LogP contribution is 2.30. The van der Waals surface area contributed by atoms with Crippen molar-refractivity contribution in [2.45, 2.75) is 46.1 Å². The van der Waals surface area contributed by atoms with Crippen LogP contribution < -0.4 is 10.1 Å². The molecule has 1 fully saturated rings. The first-order valence-corrected chi connectivity index (χ1v) is 10.9. The molecule has 4 rings (SSSR count). The Morgan fingerprint density at radius 1 is 1.19 bits per heavy atom. The van der Waals surface area contributed by atoms with Crippen molar-refractivity contribution >= 4 is 17.4 Å². The van der Waals surface area contributed by atoms with E-state index in [2.05, 4.69) is 31.1 Å². The van der Waals surface area contributed by atoms with E-state index in [4.69, 9.17) is 9.84 Å². The summed E-state index contributed by atoms with van der Waals surface area (Å²) < 4.78 is 7.34. The van der Waals surface area contributed by atoms with Crippen LogP contribution in [0.2, 0.25) is 0 Å². The number of methoxy groups -OCH3 is 1. The number of likely N-dealkylation sites (tertiary alicyclic amines) is 1. The second-order valence-corrected chi connectivity index (χ2v) is 9.30. The molecular formula is C24H31N5O2. The third-order valence-electron chi connectivity index (χ3n) is 5.82. The smallest absolute Gasteiger partial charge is 0.222 e. The molecule has 1 aliphatic heterocycles. The van der Waals surface area contributed by atoms with Gasteiger partial charge in [0.25, 0.3) is 0 Å². The second-order valence-electron chi connectivity index (χ2n) is 9.30. The minimum Gasteiger partial charge on any atom is -0.496 e. The highest BCUT2D eigenvalue weighted by Gasteiger charge is 2.31. The summed E-state index contributed by atoms with van der Waals surface area (Å²) in [6.07, 6.45) is 4.32. The van der Waals surface area contributed by atoms with Crippen LogP contribution in [0, 0.1) is 5.41 Å². The third-order valence-corrected chi connectivity index (χ3v) is 5.82. The molecule has 0 spiro atoms. The molecule has 1 aliphatic rings. The molecule has 1 N–H and O–H groups in total. The molecule has 2 aromatic heterocycles. The van der Waals surface area contributed by atoms with Crippen LogP contribution in [0.1, 0.15) is 40.0 Å². The Morgan fingerprint density at radius 3 is 2.77 bits per heavy atom. The molecule has 1 atom stereocenters. The lowest BCUT2D eigenvalue weighted by atomic mass is 9.92. The first-order valence-electron chi connectivity index (χ1n) is 10.9. The van der Waals surface area contributed by atoms with Crippen molar-refractivity contribution in [3.05, 3.63) is 42.6 Å². The van der Waals surface area contributed by atoms with Crippen molar-refractivity contribution in [2.75, 3.05) is 25.5 Å². The fourth-order valence-electron chi connectivity index (χ4n) is 4.00. The average Bonchev–Trinajstić information content (AvgIpc) is 3.32. The normalized spacial score (nSPS) is 16.8. The Labute approximate surface area is 183 Å². The predicted molar refractivity (Wildman–Crippen MR) is 122 cm³/mol. The number of aromatic nitrogens is 3. The molecule has 0 saturated carbocycles. The summed E-state index contributed by atoms with van der Waals surface area (Å²) in [6, 6.07) is 11.9. The molecule has 164 valence electrons. The number of fused-ring (bicyclic) bond motifs is 1. The summed E-state index contributed by atoms with van der Waals surface area (Å²) in [5.74, 6) is 1.80. The topological polar surface area (TPSA) is 71.8 Å². The number of ether oxygens (including phenoxy) is 1. The molecule has 7 nitrogen and oxygen atoms in total. The molecule has 0 radical (unpaired) electrons. The monoisotopic (exact) mass is 421 g/mol. The number of imidazole rings is 1. The summed E-state index contributed by atoms with van der Waals surface area (Å²) >= 11 is 0. The zero-order valence-electron chi connectivity index (χ0n) is 18.8. The predicted octanol–water partition coefficient (Wildman–Crippen LogP) is 4.24.